The average Bonchev–Trinajstić information content (AvgIpc) is 3.53. The summed E-state index contributed by atoms with van der Waals surface area (Å²) in [6.07, 6.45) is 5.81. The van der Waals surface area contributed by atoms with Crippen molar-refractivity contribution in [2.24, 2.45) is 5.41 Å². The highest BCUT2D eigenvalue weighted by Crippen LogP contribution is 2.59. The van der Waals surface area contributed by atoms with Crippen LogP contribution in [-0.2, 0) is 13.0 Å². The quantitative estimate of drug-likeness (QED) is 0.0905. The standard InChI is InChI=1S/C53H60N2O6/c1-36-15-14-29-52(3)48(45-27-23-38(31-42(56)25-22-36)32-47(45)50(57)46-21-13-12-20-44(46)40-18-10-7-11-19-40)28-30-53(52,59)35-55(34-41-24-26-43(60-4)33-49(41)61-5)51(58)54-37(2)39-16-8-6-9-17-39/h6-13,15-21,23-24,26-27,32-33,37,42,48,56,59H,14,22,25,28-31,34-35H2,1-5H3,(H,54,58)/t37-,42+,48+,52+,53-/m1/s1. The van der Waals surface area contributed by atoms with Crippen molar-refractivity contribution in [2.45, 2.75) is 95.9 Å². The molecule has 0 aliphatic heterocycles. The first kappa shape index (κ1) is 43.4. The molecule has 8 rings (SSSR count). The van der Waals surface area contributed by atoms with Gasteiger partial charge in [-0.05, 0) is 111 Å². The molecule has 5 atom stereocenters. The number of aliphatic hydroxyl groups excluding tert-OH is 1. The number of ether oxygens (including phenoxy) is 2. The van der Waals surface area contributed by atoms with E-state index < -0.39 is 17.1 Å². The Balaban J connectivity index is 1.32. The summed E-state index contributed by atoms with van der Waals surface area (Å²) in [4.78, 5) is 31.5. The second-order valence-corrected chi connectivity index (χ2v) is 17.3. The van der Waals surface area contributed by atoms with Crippen LogP contribution in [0, 0.1) is 5.41 Å². The highest BCUT2D eigenvalue weighted by Gasteiger charge is 2.57. The summed E-state index contributed by atoms with van der Waals surface area (Å²) in [7, 11) is 3.21. The highest BCUT2D eigenvalue weighted by atomic mass is 16.5. The van der Waals surface area contributed by atoms with E-state index >= 15 is 4.79 Å². The van der Waals surface area contributed by atoms with Gasteiger partial charge in [0.15, 0.2) is 5.78 Å². The minimum absolute atomic E-state index is 0.0512. The summed E-state index contributed by atoms with van der Waals surface area (Å²) in [6, 6.07) is 38.6. The molecule has 8 heteroatoms. The van der Waals surface area contributed by atoms with E-state index in [1.54, 1.807) is 19.1 Å². The van der Waals surface area contributed by atoms with E-state index in [0.717, 1.165) is 39.8 Å². The lowest BCUT2D eigenvalue weighted by atomic mass is 9.64. The predicted molar refractivity (Wildman–Crippen MR) is 242 cm³/mol. The van der Waals surface area contributed by atoms with Crippen molar-refractivity contribution in [3.8, 4) is 22.6 Å². The van der Waals surface area contributed by atoms with Gasteiger partial charge >= 0.3 is 6.03 Å². The molecular formula is C53H60N2O6. The summed E-state index contributed by atoms with van der Waals surface area (Å²) in [5.74, 6) is 0.909. The first-order valence-electron chi connectivity index (χ1n) is 21.6. The molecule has 5 aromatic rings. The van der Waals surface area contributed by atoms with Crippen molar-refractivity contribution in [1.82, 2.24) is 10.2 Å². The molecule has 0 heterocycles. The van der Waals surface area contributed by atoms with Gasteiger partial charge in [-0.1, -0.05) is 116 Å². The third-order valence-electron chi connectivity index (χ3n) is 13.4. The number of carbonyl (C=O) groups excluding carboxylic acids is 2. The number of nitrogens with one attached hydrogen (secondary N) is 1. The summed E-state index contributed by atoms with van der Waals surface area (Å²) in [5, 5.41) is 27.8. The molecule has 5 aromatic carbocycles. The van der Waals surface area contributed by atoms with E-state index in [9.17, 15) is 15.0 Å². The zero-order valence-corrected chi connectivity index (χ0v) is 36.2. The molecule has 3 aliphatic rings. The number of methoxy groups -OCH3 is 2. The number of urea groups is 1. The maximum Gasteiger partial charge on any atom is 0.318 e. The lowest BCUT2D eigenvalue weighted by Crippen LogP contribution is -2.55. The minimum atomic E-state index is -1.35. The summed E-state index contributed by atoms with van der Waals surface area (Å²) in [5.41, 5.74) is 5.61. The molecule has 1 saturated carbocycles. The molecule has 3 aliphatic carbocycles. The summed E-state index contributed by atoms with van der Waals surface area (Å²) >= 11 is 0. The maximum absolute atomic E-state index is 15.1. The monoisotopic (exact) mass is 820 g/mol. The molecular weight excluding hydrogens is 761 g/mol. The third kappa shape index (κ3) is 9.46. The fourth-order valence-corrected chi connectivity index (χ4v) is 9.70. The number of allylic oxidation sites excluding steroid dienone is 2. The Kier molecular flexibility index (Phi) is 13.5. The Bertz CT molecular complexity index is 2340. The van der Waals surface area contributed by atoms with E-state index in [-0.39, 0.29) is 36.9 Å². The lowest BCUT2D eigenvalue weighted by Gasteiger charge is -2.46. The van der Waals surface area contributed by atoms with Crippen LogP contribution in [0.3, 0.4) is 0 Å². The van der Waals surface area contributed by atoms with Gasteiger partial charge in [-0.2, -0.15) is 0 Å². The number of hydrogen-bond donors (Lipinski definition) is 3. The predicted octanol–water partition coefficient (Wildman–Crippen LogP) is 10.6. The van der Waals surface area contributed by atoms with E-state index in [4.69, 9.17) is 9.47 Å². The van der Waals surface area contributed by atoms with Gasteiger partial charge < -0.3 is 29.9 Å². The molecule has 61 heavy (non-hydrogen) atoms. The third-order valence-corrected chi connectivity index (χ3v) is 13.4. The van der Waals surface area contributed by atoms with Gasteiger partial charge in [0.25, 0.3) is 0 Å². The SMILES string of the molecule is COc1ccc(CN(C[C@]2(O)CC[C@H]3c4ccc(cc4C(=O)c4ccccc4-c4ccccc4)C[C@@H](O)CCC(C)=CCC[C@@]32C)C(=O)N[C@H](C)c2ccccc2)c(OC)c1. The van der Waals surface area contributed by atoms with Crippen molar-refractivity contribution in [1.29, 1.82) is 0 Å². The van der Waals surface area contributed by atoms with Gasteiger partial charge in [-0.25, -0.2) is 4.79 Å². The summed E-state index contributed by atoms with van der Waals surface area (Å²) < 4.78 is 11.3. The normalized spacial score (nSPS) is 22.0. The molecule has 2 bridgehead atoms. The van der Waals surface area contributed by atoms with Crippen LogP contribution in [0.25, 0.3) is 11.1 Å². The first-order valence-corrected chi connectivity index (χ1v) is 21.6. The number of aliphatic hydroxyl groups is 2. The van der Waals surface area contributed by atoms with Gasteiger partial charge in [0.05, 0.1) is 45.1 Å². The zero-order chi connectivity index (χ0) is 43.1. The van der Waals surface area contributed by atoms with Crippen LogP contribution >= 0.6 is 0 Å². The Morgan fingerprint density at radius 2 is 1.57 bits per heavy atom. The number of fused-ring (bicyclic) bond motifs is 8. The van der Waals surface area contributed by atoms with Crippen molar-refractivity contribution in [3.63, 3.8) is 0 Å². The number of benzene rings is 5. The second kappa shape index (κ2) is 18.9. The summed E-state index contributed by atoms with van der Waals surface area (Å²) in [6.45, 7) is 6.45. The Hall–Kier alpha value is -5.70. The number of ketones is 1. The van der Waals surface area contributed by atoms with Gasteiger partial charge in [0, 0.05) is 28.2 Å². The minimum Gasteiger partial charge on any atom is -0.497 e. The van der Waals surface area contributed by atoms with E-state index in [1.807, 2.05) is 122 Å². The number of amides is 2. The fourth-order valence-electron chi connectivity index (χ4n) is 9.70. The second-order valence-electron chi connectivity index (χ2n) is 17.3. The molecule has 0 saturated heterocycles. The van der Waals surface area contributed by atoms with Crippen molar-refractivity contribution >= 4 is 11.8 Å². The van der Waals surface area contributed by atoms with Crippen LogP contribution in [0.15, 0.2) is 133 Å². The van der Waals surface area contributed by atoms with Crippen LogP contribution < -0.4 is 14.8 Å². The van der Waals surface area contributed by atoms with Crippen LogP contribution in [0.2, 0.25) is 0 Å². The van der Waals surface area contributed by atoms with Gasteiger partial charge in [-0.15, -0.1) is 0 Å². The largest absolute Gasteiger partial charge is 0.497 e. The maximum atomic E-state index is 15.1. The smallest absolute Gasteiger partial charge is 0.318 e. The van der Waals surface area contributed by atoms with Crippen LogP contribution in [0.1, 0.15) is 109 Å². The van der Waals surface area contributed by atoms with Crippen molar-refractivity contribution in [3.05, 3.63) is 166 Å². The van der Waals surface area contributed by atoms with Crippen molar-refractivity contribution in [2.75, 3.05) is 20.8 Å². The van der Waals surface area contributed by atoms with Gasteiger partial charge in [-0.3, -0.25) is 4.79 Å². The van der Waals surface area contributed by atoms with Gasteiger partial charge in [0.2, 0.25) is 0 Å². The topological polar surface area (TPSA) is 108 Å². The molecule has 3 N–H and O–H groups in total. The molecule has 2 amide bonds. The van der Waals surface area contributed by atoms with Gasteiger partial charge in [0.1, 0.15) is 11.5 Å². The number of rotatable bonds is 11. The average molecular weight is 821 g/mol. The Morgan fingerprint density at radius 3 is 2.31 bits per heavy atom. The van der Waals surface area contributed by atoms with E-state index in [1.165, 1.54) is 5.57 Å². The van der Waals surface area contributed by atoms with E-state index in [2.05, 4.69) is 31.3 Å². The number of hydrogen-bond acceptors (Lipinski definition) is 6. The number of carbonyl (C=O) groups is 2. The zero-order valence-electron chi connectivity index (χ0n) is 36.2. The van der Waals surface area contributed by atoms with Crippen molar-refractivity contribution < 1.29 is 29.3 Å². The van der Waals surface area contributed by atoms with Crippen LogP contribution in [-0.4, -0.2) is 59.4 Å². The Labute approximate surface area is 361 Å². The molecule has 0 aromatic heterocycles. The van der Waals surface area contributed by atoms with Crippen LogP contribution in [0.5, 0.6) is 11.5 Å². The number of nitrogens with zero attached hydrogens (tertiary/aromatic N) is 1. The molecule has 1 fully saturated rings. The Morgan fingerprint density at radius 1 is 0.852 bits per heavy atom. The molecule has 318 valence electrons. The fraction of sp³-hybridized carbons (Fsp3) is 0.358. The molecule has 8 nitrogen and oxygen atoms in total. The first-order chi connectivity index (χ1) is 29.4. The lowest BCUT2D eigenvalue weighted by molar-refractivity contribution is -0.0781. The molecule has 0 spiro atoms. The van der Waals surface area contributed by atoms with E-state index in [0.29, 0.717) is 61.2 Å². The molecule has 0 unspecified atom stereocenters. The highest BCUT2D eigenvalue weighted by molar-refractivity contribution is 6.13. The van der Waals surface area contributed by atoms with Crippen LogP contribution in [0.4, 0.5) is 4.79 Å². The molecule has 0 radical (unpaired) electrons.